The van der Waals surface area contributed by atoms with E-state index in [4.69, 9.17) is 5.73 Å². The van der Waals surface area contributed by atoms with Crippen molar-refractivity contribution in [1.82, 2.24) is 5.32 Å². The van der Waals surface area contributed by atoms with Crippen LogP contribution in [0.2, 0.25) is 0 Å². The third kappa shape index (κ3) is 5.39. The van der Waals surface area contributed by atoms with Gasteiger partial charge >= 0.3 is 6.18 Å². The van der Waals surface area contributed by atoms with Crippen LogP contribution in [-0.4, -0.2) is 24.7 Å². The molecule has 100 valence electrons. The van der Waals surface area contributed by atoms with E-state index < -0.39 is 12.6 Å². The maximum absolute atomic E-state index is 11.9. The lowest BCUT2D eigenvalue weighted by molar-refractivity contribution is -0.137. The Morgan fingerprint density at radius 2 is 2.00 bits per heavy atom. The maximum Gasteiger partial charge on any atom is 0.390 e. The van der Waals surface area contributed by atoms with Crippen molar-refractivity contribution in [3.05, 3.63) is 0 Å². The van der Waals surface area contributed by atoms with Gasteiger partial charge in [0, 0.05) is 18.5 Å². The van der Waals surface area contributed by atoms with Crippen LogP contribution in [0.3, 0.4) is 0 Å². The van der Waals surface area contributed by atoms with Gasteiger partial charge in [-0.3, -0.25) is 4.79 Å². The van der Waals surface area contributed by atoms with E-state index in [2.05, 4.69) is 5.32 Å². The SMILES string of the molecule is CC1CC(N)CC(C(=O)NCCC(F)(F)F)C1. The molecule has 3 atom stereocenters. The Morgan fingerprint density at radius 3 is 2.53 bits per heavy atom. The summed E-state index contributed by atoms with van der Waals surface area (Å²) < 4.78 is 35.7. The van der Waals surface area contributed by atoms with Gasteiger partial charge in [-0.05, 0) is 25.2 Å². The van der Waals surface area contributed by atoms with E-state index in [1.807, 2.05) is 6.92 Å². The third-order valence-electron chi connectivity index (χ3n) is 3.06. The largest absolute Gasteiger partial charge is 0.390 e. The van der Waals surface area contributed by atoms with Gasteiger partial charge in [0.25, 0.3) is 0 Å². The van der Waals surface area contributed by atoms with E-state index in [1.54, 1.807) is 0 Å². The Kier molecular flexibility index (Phi) is 4.80. The van der Waals surface area contributed by atoms with Crippen molar-refractivity contribution in [2.24, 2.45) is 17.6 Å². The highest BCUT2D eigenvalue weighted by Gasteiger charge is 2.30. The molecule has 0 heterocycles. The van der Waals surface area contributed by atoms with Crippen molar-refractivity contribution in [3.8, 4) is 0 Å². The van der Waals surface area contributed by atoms with Crippen molar-refractivity contribution < 1.29 is 18.0 Å². The first-order valence-electron chi connectivity index (χ1n) is 5.88. The summed E-state index contributed by atoms with van der Waals surface area (Å²) in [6, 6.07) is -0.0166. The molecule has 0 radical (unpaired) electrons. The molecule has 3 N–H and O–H groups in total. The van der Waals surface area contributed by atoms with Crippen molar-refractivity contribution in [2.75, 3.05) is 6.54 Å². The molecule has 0 saturated heterocycles. The number of nitrogens with two attached hydrogens (primary N) is 1. The van der Waals surface area contributed by atoms with E-state index in [0.717, 1.165) is 6.42 Å². The fraction of sp³-hybridized carbons (Fsp3) is 0.909. The number of nitrogens with one attached hydrogen (secondary N) is 1. The van der Waals surface area contributed by atoms with Crippen LogP contribution < -0.4 is 11.1 Å². The van der Waals surface area contributed by atoms with Crippen LogP contribution in [0.5, 0.6) is 0 Å². The first kappa shape index (κ1) is 14.3. The lowest BCUT2D eigenvalue weighted by Gasteiger charge is -2.30. The number of alkyl halides is 3. The maximum atomic E-state index is 11.9. The van der Waals surface area contributed by atoms with Gasteiger partial charge in [-0.15, -0.1) is 0 Å². The smallest absolute Gasteiger partial charge is 0.356 e. The minimum absolute atomic E-state index is 0.0166. The predicted octanol–water partition coefficient (Wildman–Crippen LogP) is 1.82. The molecule has 0 aromatic carbocycles. The minimum atomic E-state index is -4.22. The molecule has 0 spiro atoms. The van der Waals surface area contributed by atoms with Gasteiger partial charge in [0.15, 0.2) is 0 Å². The zero-order valence-electron chi connectivity index (χ0n) is 9.89. The molecule has 1 fully saturated rings. The van der Waals surface area contributed by atoms with Crippen LogP contribution >= 0.6 is 0 Å². The summed E-state index contributed by atoms with van der Waals surface area (Å²) >= 11 is 0. The molecular weight excluding hydrogens is 233 g/mol. The number of hydrogen-bond acceptors (Lipinski definition) is 2. The van der Waals surface area contributed by atoms with Crippen molar-refractivity contribution in [3.63, 3.8) is 0 Å². The molecule has 1 saturated carbocycles. The number of carbonyl (C=O) groups is 1. The summed E-state index contributed by atoms with van der Waals surface area (Å²) in [5, 5.41) is 2.34. The third-order valence-corrected chi connectivity index (χ3v) is 3.06. The summed E-state index contributed by atoms with van der Waals surface area (Å²) in [6.45, 7) is 1.66. The van der Waals surface area contributed by atoms with Gasteiger partial charge in [-0.2, -0.15) is 13.2 Å². The molecular formula is C11H19F3N2O. The summed E-state index contributed by atoms with van der Waals surface area (Å²) in [5.41, 5.74) is 5.79. The van der Waals surface area contributed by atoms with E-state index in [9.17, 15) is 18.0 Å². The lowest BCUT2D eigenvalue weighted by Crippen LogP contribution is -2.40. The minimum Gasteiger partial charge on any atom is -0.356 e. The lowest BCUT2D eigenvalue weighted by atomic mass is 9.79. The number of rotatable bonds is 3. The highest BCUT2D eigenvalue weighted by atomic mass is 19.4. The van der Waals surface area contributed by atoms with Crippen LogP contribution in [0.1, 0.15) is 32.6 Å². The van der Waals surface area contributed by atoms with Crippen LogP contribution in [0.25, 0.3) is 0 Å². The Hall–Kier alpha value is -0.780. The molecule has 1 aliphatic carbocycles. The Balaban J connectivity index is 2.32. The fourth-order valence-corrected chi connectivity index (χ4v) is 2.34. The van der Waals surface area contributed by atoms with E-state index >= 15 is 0 Å². The van der Waals surface area contributed by atoms with Gasteiger partial charge < -0.3 is 11.1 Å². The molecule has 0 aromatic heterocycles. The molecule has 1 rings (SSSR count). The first-order valence-corrected chi connectivity index (χ1v) is 5.88. The molecule has 17 heavy (non-hydrogen) atoms. The molecule has 3 unspecified atom stereocenters. The van der Waals surface area contributed by atoms with Gasteiger partial charge in [0.2, 0.25) is 5.91 Å². The molecule has 0 aliphatic heterocycles. The monoisotopic (exact) mass is 252 g/mol. The van der Waals surface area contributed by atoms with Crippen LogP contribution in [0, 0.1) is 11.8 Å². The van der Waals surface area contributed by atoms with Crippen LogP contribution in [0.15, 0.2) is 0 Å². The molecule has 6 heteroatoms. The molecule has 0 bridgehead atoms. The molecule has 0 aromatic rings. The molecule has 1 amide bonds. The van der Waals surface area contributed by atoms with E-state index in [1.165, 1.54) is 0 Å². The van der Waals surface area contributed by atoms with Crippen molar-refractivity contribution >= 4 is 5.91 Å². The number of hydrogen-bond donors (Lipinski definition) is 2. The van der Waals surface area contributed by atoms with Gasteiger partial charge in [0.1, 0.15) is 0 Å². The summed E-state index contributed by atoms with van der Waals surface area (Å²) in [4.78, 5) is 11.6. The zero-order chi connectivity index (χ0) is 13.1. The zero-order valence-corrected chi connectivity index (χ0v) is 9.89. The average Bonchev–Trinajstić information content (AvgIpc) is 2.13. The second-order valence-electron chi connectivity index (χ2n) is 4.93. The number of carbonyl (C=O) groups excluding carboxylic acids is 1. The highest BCUT2D eigenvalue weighted by molar-refractivity contribution is 5.78. The molecule has 3 nitrogen and oxygen atoms in total. The van der Waals surface area contributed by atoms with Crippen LogP contribution in [-0.2, 0) is 4.79 Å². The standard InChI is InChI=1S/C11H19F3N2O/c1-7-4-8(6-9(15)5-7)10(17)16-3-2-11(12,13)14/h7-9H,2-6,15H2,1H3,(H,16,17). The van der Waals surface area contributed by atoms with E-state index in [0.29, 0.717) is 18.8 Å². The van der Waals surface area contributed by atoms with E-state index in [-0.39, 0.29) is 24.4 Å². The second kappa shape index (κ2) is 5.71. The Bertz CT molecular complexity index is 258. The summed E-state index contributed by atoms with van der Waals surface area (Å²) in [5.74, 6) is -0.171. The van der Waals surface area contributed by atoms with Gasteiger partial charge in [-0.25, -0.2) is 0 Å². The fourth-order valence-electron chi connectivity index (χ4n) is 2.34. The normalized spacial score (nSPS) is 30.1. The van der Waals surface area contributed by atoms with Gasteiger partial charge in [0.05, 0.1) is 6.42 Å². The number of halogens is 3. The Labute approximate surface area is 98.9 Å². The van der Waals surface area contributed by atoms with Crippen molar-refractivity contribution in [2.45, 2.75) is 44.8 Å². The quantitative estimate of drug-likeness (QED) is 0.805. The highest BCUT2D eigenvalue weighted by Crippen LogP contribution is 2.28. The number of amides is 1. The van der Waals surface area contributed by atoms with Gasteiger partial charge in [-0.1, -0.05) is 6.92 Å². The topological polar surface area (TPSA) is 55.1 Å². The van der Waals surface area contributed by atoms with Crippen molar-refractivity contribution in [1.29, 1.82) is 0 Å². The summed E-state index contributed by atoms with van der Waals surface area (Å²) in [7, 11) is 0. The average molecular weight is 252 g/mol. The predicted molar refractivity (Wildman–Crippen MR) is 58.2 cm³/mol. The first-order chi connectivity index (χ1) is 7.78. The van der Waals surface area contributed by atoms with Crippen LogP contribution in [0.4, 0.5) is 13.2 Å². The Morgan fingerprint density at radius 1 is 1.35 bits per heavy atom. The summed E-state index contributed by atoms with van der Waals surface area (Å²) in [6.07, 6.45) is -3.03. The molecule has 1 aliphatic rings. The second-order valence-corrected chi connectivity index (χ2v) is 4.93.